The Morgan fingerprint density at radius 1 is 1.20 bits per heavy atom. The van der Waals surface area contributed by atoms with E-state index >= 15 is 0 Å². The first-order valence-electron chi connectivity index (χ1n) is 8.41. The summed E-state index contributed by atoms with van der Waals surface area (Å²) in [5.74, 6) is 0.402. The van der Waals surface area contributed by atoms with Gasteiger partial charge in [0, 0.05) is 19.8 Å². The van der Waals surface area contributed by atoms with E-state index in [1.54, 1.807) is 0 Å². The molecule has 0 aliphatic heterocycles. The van der Waals surface area contributed by atoms with Crippen LogP contribution in [0.4, 0.5) is 0 Å². The highest BCUT2D eigenvalue weighted by Crippen LogP contribution is 2.28. The van der Waals surface area contributed by atoms with Crippen molar-refractivity contribution in [3.8, 4) is 0 Å². The second kappa shape index (κ2) is 6.51. The van der Waals surface area contributed by atoms with Gasteiger partial charge in [0.05, 0.1) is 17.0 Å². The van der Waals surface area contributed by atoms with Gasteiger partial charge in [-0.25, -0.2) is 4.79 Å². The van der Waals surface area contributed by atoms with Crippen LogP contribution in [-0.2, 0) is 22.5 Å². The van der Waals surface area contributed by atoms with Crippen LogP contribution in [0.1, 0.15) is 42.3 Å². The molecule has 0 bridgehead atoms. The van der Waals surface area contributed by atoms with Crippen molar-refractivity contribution in [2.24, 2.45) is 5.16 Å². The Balaban J connectivity index is 1.74. The van der Waals surface area contributed by atoms with Crippen molar-refractivity contribution in [2.45, 2.75) is 32.6 Å². The summed E-state index contributed by atoms with van der Waals surface area (Å²) < 4.78 is 5.54. The summed E-state index contributed by atoms with van der Waals surface area (Å²) in [5, 5.41) is 10.7. The van der Waals surface area contributed by atoms with Crippen molar-refractivity contribution in [1.29, 1.82) is 0 Å². The van der Waals surface area contributed by atoms with Gasteiger partial charge in [-0.3, -0.25) is 0 Å². The molecular weight excluding hydrogens is 316 g/mol. The first-order valence-corrected chi connectivity index (χ1v) is 8.41. The molecular formula is C20H18N2O3. The van der Waals surface area contributed by atoms with Crippen molar-refractivity contribution in [3.05, 3.63) is 65.0 Å². The molecule has 3 aromatic rings. The van der Waals surface area contributed by atoms with Crippen LogP contribution in [0.2, 0.25) is 0 Å². The van der Waals surface area contributed by atoms with Gasteiger partial charge < -0.3 is 9.36 Å². The molecule has 0 atom stereocenters. The van der Waals surface area contributed by atoms with Crippen LogP contribution in [0.25, 0.3) is 10.8 Å². The number of aryl methyl sites for hydroxylation is 1. The average molecular weight is 334 g/mol. The lowest BCUT2D eigenvalue weighted by Crippen LogP contribution is -2.13. The van der Waals surface area contributed by atoms with E-state index in [9.17, 15) is 4.79 Å². The normalized spacial score (nSPS) is 15.3. The number of carbonyl (C=O) groups is 1. The number of rotatable bonds is 3. The minimum atomic E-state index is -0.424. The molecule has 1 aromatic heterocycles. The molecule has 4 rings (SSSR count). The predicted octanol–water partition coefficient (Wildman–Crippen LogP) is 4.02. The van der Waals surface area contributed by atoms with E-state index in [1.165, 1.54) is 23.3 Å². The van der Waals surface area contributed by atoms with Gasteiger partial charge in [-0.1, -0.05) is 52.8 Å². The number of carbonyl (C=O) groups excluding carboxylic acids is 1. The van der Waals surface area contributed by atoms with E-state index in [-0.39, 0.29) is 0 Å². The Morgan fingerprint density at radius 2 is 2.04 bits per heavy atom. The first kappa shape index (κ1) is 15.6. The van der Waals surface area contributed by atoms with Gasteiger partial charge in [0.15, 0.2) is 0 Å². The van der Waals surface area contributed by atoms with E-state index in [1.807, 2.05) is 12.1 Å². The third kappa shape index (κ3) is 3.05. The van der Waals surface area contributed by atoms with Gasteiger partial charge in [0.25, 0.3) is 0 Å². The molecule has 0 N–H and O–H groups in total. The highest BCUT2D eigenvalue weighted by atomic mass is 16.7. The first-order chi connectivity index (χ1) is 12.2. The fraction of sp³-hybridized carbons (Fsp3) is 0.250. The monoisotopic (exact) mass is 334 g/mol. The Kier molecular flexibility index (Phi) is 4.06. The van der Waals surface area contributed by atoms with Gasteiger partial charge in [-0.15, -0.1) is 0 Å². The SMILES string of the molecule is CC(=O)ON=C1CCCc2onc(Cc3cccc4ccccc34)c21. The lowest BCUT2D eigenvalue weighted by atomic mass is 9.91. The lowest BCUT2D eigenvalue weighted by Gasteiger charge is -2.12. The van der Waals surface area contributed by atoms with E-state index in [0.717, 1.165) is 42.0 Å². The molecule has 0 saturated carbocycles. The van der Waals surface area contributed by atoms with Crippen molar-refractivity contribution < 1.29 is 14.2 Å². The third-order valence-corrected chi connectivity index (χ3v) is 4.46. The molecule has 0 saturated heterocycles. The fourth-order valence-electron chi connectivity index (χ4n) is 3.36. The zero-order chi connectivity index (χ0) is 17.2. The van der Waals surface area contributed by atoms with E-state index in [0.29, 0.717) is 6.42 Å². The average Bonchev–Trinajstić information content (AvgIpc) is 3.04. The van der Waals surface area contributed by atoms with Gasteiger partial charge in [0.1, 0.15) is 5.76 Å². The standard InChI is InChI=1S/C20H18N2O3/c1-13(23)24-21-17-10-5-11-19-20(17)18(22-25-19)12-15-8-4-7-14-6-2-3-9-16(14)15/h2-4,6-9H,5,10-12H2,1H3. The highest BCUT2D eigenvalue weighted by molar-refractivity contribution is 6.03. The summed E-state index contributed by atoms with van der Waals surface area (Å²) in [4.78, 5) is 16.0. The van der Waals surface area contributed by atoms with E-state index in [2.05, 4.69) is 40.6 Å². The maximum absolute atomic E-state index is 11.1. The predicted molar refractivity (Wildman–Crippen MR) is 94.5 cm³/mol. The summed E-state index contributed by atoms with van der Waals surface area (Å²) in [7, 11) is 0. The van der Waals surface area contributed by atoms with Crippen LogP contribution in [0, 0.1) is 0 Å². The molecule has 1 aliphatic carbocycles. The fourth-order valence-corrected chi connectivity index (χ4v) is 3.36. The smallest absolute Gasteiger partial charge is 0.331 e. The molecule has 5 heteroatoms. The van der Waals surface area contributed by atoms with Crippen molar-refractivity contribution in [3.63, 3.8) is 0 Å². The quantitative estimate of drug-likeness (QED) is 0.536. The number of benzene rings is 2. The van der Waals surface area contributed by atoms with Gasteiger partial charge in [0.2, 0.25) is 0 Å². The molecule has 1 heterocycles. The van der Waals surface area contributed by atoms with Crippen molar-refractivity contribution in [2.75, 3.05) is 0 Å². The second-order valence-corrected chi connectivity index (χ2v) is 6.22. The van der Waals surface area contributed by atoms with Gasteiger partial charge in [-0.2, -0.15) is 0 Å². The lowest BCUT2D eigenvalue weighted by molar-refractivity contribution is -0.140. The molecule has 126 valence electrons. The Morgan fingerprint density at radius 3 is 2.92 bits per heavy atom. The largest absolute Gasteiger partial charge is 0.360 e. The molecule has 2 aromatic carbocycles. The van der Waals surface area contributed by atoms with Crippen LogP contribution >= 0.6 is 0 Å². The van der Waals surface area contributed by atoms with Gasteiger partial charge >= 0.3 is 5.97 Å². The third-order valence-electron chi connectivity index (χ3n) is 4.46. The summed E-state index contributed by atoms with van der Waals surface area (Å²) in [6.45, 7) is 1.35. The molecule has 0 amide bonds. The van der Waals surface area contributed by atoms with Crippen LogP contribution in [0.15, 0.2) is 52.1 Å². The molecule has 0 fully saturated rings. The van der Waals surface area contributed by atoms with Gasteiger partial charge in [-0.05, 0) is 29.2 Å². The molecule has 5 nitrogen and oxygen atoms in total. The summed E-state index contributed by atoms with van der Waals surface area (Å²) in [6, 6.07) is 14.6. The minimum absolute atomic E-state index is 0.424. The number of nitrogens with zero attached hydrogens (tertiary/aromatic N) is 2. The van der Waals surface area contributed by atoms with Crippen LogP contribution in [-0.4, -0.2) is 16.8 Å². The zero-order valence-corrected chi connectivity index (χ0v) is 14.0. The second-order valence-electron chi connectivity index (χ2n) is 6.22. The Bertz CT molecular complexity index is 967. The number of aromatic nitrogens is 1. The summed E-state index contributed by atoms with van der Waals surface area (Å²) in [6.07, 6.45) is 3.15. The van der Waals surface area contributed by atoms with Crippen LogP contribution in [0.5, 0.6) is 0 Å². The molecule has 1 aliphatic rings. The summed E-state index contributed by atoms with van der Waals surface area (Å²) in [5.41, 5.74) is 3.68. The molecule has 0 radical (unpaired) electrons. The molecule has 25 heavy (non-hydrogen) atoms. The van der Waals surface area contributed by atoms with Crippen LogP contribution < -0.4 is 0 Å². The van der Waals surface area contributed by atoms with E-state index < -0.39 is 5.97 Å². The zero-order valence-electron chi connectivity index (χ0n) is 14.0. The topological polar surface area (TPSA) is 64.7 Å². The number of fused-ring (bicyclic) bond motifs is 2. The Labute approximate surface area is 145 Å². The highest BCUT2D eigenvalue weighted by Gasteiger charge is 2.26. The number of oxime groups is 1. The minimum Gasteiger partial charge on any atom is -0.360 e. The number of hydrogen-bond donors (Lipinski definition) is 0. The van der Waals surface area contributed by atoms with E-state index in [4.69, 9.17) is 9.36 Å². The van der Waals surface area contributed by atoms with Crippen molar-refractivity contribution >= 4 is 22.5 Å². The molecule has 0 unspecified atom stereocenters. The molecule has 0 spiro atoms. The maximum atomic E-state index is 11.1. The Hall–Kier alpha value is -2.95. The van der Waals surface area contributed by atoms with Crippen molar-refractivity contribution in [1.82, 2.24) is 5.16 Å². The summed E-state index contributed by atoms with van der Waals surface area (Å²) >= 11 is 0. The van der Waals surface area contributed by atoms with Crippen LogP contribution in [0.3, 0.4) is 0 Å². The number of hydrogen-bond acceptors (Lipinski definition) is 5. The maximum Gasteiger partial charge on any atom is 0.331 e.